The predicted octanol–water partition coefficient (Wildman–Crippen LogP) is 4.28. The molecule has 0 fully saturated rings. The molecule has 0 bridgehead atoms. The van der Waals surface area contributed by atoms with Crippen LogP contribution < -0.4 is 10.6 Å². The van der Waals surface area contributed by atoms with E-state index in [1.165, 1.54) is 11.3 Å². The first kappa shape index (κ1) is 20.7. The minimum absolute atomic E-state index is 0.0265. The summed E-state index contributed by atoms with van der Waals surface area (Å²) in [6.45, 7) is 4.10. The summed E-state index contributed by atoms with van der Waals surface area (Å²) in [6.07, 6.45) is 3.47. The van der Waals surface area contributed by atoms with Gasteiger partial charge in [0, 0.05) is 23.3 Å². The minimum atomic E-state index is -0.438. The van der Waals surface area contributed by atoms with Crippen molar-refractivity contribution in [1.29, 1.82) is 0 Å². The number of carbonyl (C=O) groups is 2. The lowest BCUT2D eigenvalue weighted by molar-refractivity contribution is -0.115. The number of amides is 1. The van der Waals surface area contributed by atoms with Gasteiger partial charge in [0.1, 0.15) is 4.88 Å². The minimum Gasteiger partial charge on any atom is -0.462 e. The van der Waals surface area contributed by atoms with Crippen molar-refractivity contribution in [2.24, 2.45) is 0 Å². The van der Waals surface area contributed by atoms with Gasteiger partial charge < -0.3 is 15.4 Å². The zero-order valence-electron chi connectivity index (χ0n) is 16.3. The fourth-order valence-corrected chi connectivity index (χ4v) is 3.78. The molecule has 2 N–H and O–H groups in total. The lowest BCUT2D eigenvalue weighted by Crippen LogP contribution is -2.30. The molecule has 0 radical (unpaired) electrons. The second-order valence-corrected chi connectivity index (χ2v) is 7.43. The molecule has 29 heavy (non-hydrogen) atoms. The van der Waals surface area contributed by atoms with E-state index in [1.54, 1.807) is 19.3 Å². The SMILES string of the molecule is CCOC(=O)c1sc(-c2ccccc2)cc1NC(=O)CNC(C)c1cccnc1. The molecule has 0 spiro atoms. The number of pyridine rings is 1. The summed E-state index contributed by atoms with van der Waals surface area (Å²) < 4.78 is 5.15. The van der Waals surface area contributed by atoms with Crippen LogP contribution in [0.3, 0.4) is 0 Å². The normalized spacial score (nSPS) is 11.7. The average Bonchev–Trinajstić information content (AvgIpc) is 3.17. The lowest BCUT2D eigenvalue weighted by atomic mass is 10.1. The van der Waals surface area contributed by atoms with Gasteiger partial charge in [-0.05, 0) is 37.1 Å². The van der Waals surface area contributed by atoms with Gasteiger partial charge >= 0.3 is 5.97 Å². The quantitative estimate of drug-likeness (QED) is 0.543. The number of carbonyl (C=O) groups excluding carboxylic acids is 2. The van der Waals surface area contributed by atoms with Gasteiger partial charge in [-0.1, -0.05) is 36.4 Å². The van der Waals surface area contributed by atoms with Crippen molar-refractivity contribution in [1.82, 2.24) is 10.3 Å². The van der Waals surface area contributed by atoms with E-state index in [1.807, 2.05) is 55.5 Å². The first-order valence-corrected chi connectivity index (χ1v) is 10.2. The first-order chi connectivity index (χ1) is 14.1. The van der Waals surface area contributed by atoms with Crippen molar-refractivity contribution >= 4 is 28.9 Å². The molecule has 0 saturated heterocycles. The number of thiophene rings is 1. The number of nitrogens with zero attached hydrogens (tertiary/aromatic N) is 1. The van der Waals surface area contributed by atoms with E-state index in [0.29, 0.717) is 10.6 Å². The zero-order valence-corrected chi connectivity index (χ0v) is 17.2. The Balaban J connectivity index is 1.72. The smallest absolute Gasteiger partial charge is 0.350 e. The maximum absolute atomic E-state index is 12.5. The van der Waals surface area contributed by atoms with Gasteiger partial charge in [-0.15, -0.1) is 11.3 Å². The van der Waals surface area contributed by atoms with Crippen LogP contribution in [-0.2, 0) is 9.53 Å². The van der Waals surface area contributed by atoms with Crippen molar-refractivity contribution in [3.05, 3.63) is 71.4 Å². The van der Waals surface area contributed by atoms with Crippen LogP contribution in [0.1, 0.15) is 35.1 Å². The Morgan fingerprint density at radius 1 is 1.17 bits per heavy atom. The Bertz CT molecular complexity index is 958. The fourth-order valence-electron chi connectivity index (χ4n) is 2.77. The van der Waals surface area contributed by atoms with Crippen molar-refractivity contribution in [3.8, 4) is 10.4 Å². The number of hydrogen-bond acceptors (Lipinski definition) is 6. The Hall–Kier alpha value is -3.03. The van der Waals surface area contributed by atoms with Crippen LogP contribution in [-0.4, -0.2) is 30.0 Å². The summed E-state index contributed by atoms with van der Waals surface area (Å²) in [6, 6.07) is 15.3. The summed E-state index contributed by atoms with van der Waals surface area (Å²) >= 11 is 1.31. The number of nitrogens with one attached hydrogen (secondary N) is 2. The van der Waals surface area contributed by atoms with Crippen LogP contribution in [0.5, 0.6) is 0 Å². The molecule has 0 aliphatic rings. The molecule has 2 heterocycles. The number of esters is 1. The van der Waals surface area contributed by atoms with Crippen LogP contribution in [0.2, 0.25) is 0 Å². The molecule has 0 saturated carbocycles. The van der Waals surface area contributed by atoms with Crippen LogP contribution in [0.25, 0.3) is 10.4 Å². The summed E-state index contributed by atoms with van der Waals surface area (Å²) in [7, 11) is 0. The molecule has 1 amide bonds. The van der Waals surface area contributed by atoms with Gasteiger partial charge in [-0.2, -0.15) is 0 Å². The fraction of sp³-hybridized carbons (Fsp3) is 0.227. The maximum atomic E-state index is 12.5. The highest BCUT2D eigenvalue weighted by Crippen LogP contribution is 2.35. The zero-order chi connectivity index (χ0) is 20.6. The topological polar surface area (TPSA) is 80.3 Å². The molecular weight excluding hydrogens is 386 g/mol. The van der Waals surface area contributed by atoms with Gasteiger partial charge in [0.25, 0.3) is 0 Å². The van der Waals surface area contributed by atoms with Crippen molar-refractivity contribution in [3.63, 3.8) is 0 Å². The molecule has 0 aliphatic heterocycles. The van der Waals surface area contributed by atoms with Crippen LogP contribution in [0, 0.1) is 0 Å². The highest BCUT2D eigenvalue weighted by Gasteiger charge is 2.20. The number of anilines is 1. The van der Waals surface area contributed by atoms with Gasteiger partial charge in [-0.3, -0.25) is 9.78 Å². The number of aromatic nitrogens is 1. The van der Waals surface area contributed by atoms with Crippen LogP contribution in [0.15, 0.2) is 60.9 Å². The molecule has 0 aliphatic carbocycles. The van der Waals surface area contributed by atoms with Crippen molar-refractivity contribution < 1.29 is 14.3 Å². The second-order valence-electron chi connectivity index (χ2n) is 6.38. The molecular formula is C22H23N3O3S. The summed E-state index contributed by atoms with van der Waals surface area (Å²) in [5, 5.41) is 6.01. The number of ether oxygens (including phenoxy) is 1. The van der Waals surface area contributed by atoms with Crippen molar-refractivity contribution in [2.45, 2.75) is 19.9 Å². The standard InChI is InChI=1S/C22H23N3O3S/c1-3-28-22(27)21-18(12-19(29-21)16-8-5-4-6-9-16)25-20(26)14-24-15(2)17-10-7-11-23-13-17/h4-13,15,24H,3,14H2,1-2H3,(H,25,26). The van der Waals surface area contributed by atoms with Gasteiger partial charge in [0.15, 0.2) is 0 Å². The molecule has 2 aromatic heterocycles. The van der Waals surface area contributed by atoms with E-state index in [9.17, 15) is 9.59 Å². The molecule has 3 rings (SSSR count). The summed E-state index contributed by atoms with van der Waals surface area (Å²) in [4.78, 5) is 30.2. The van der Waals surface area contributed by atoms with Crippen molar-refractivity contribution in [2.75, 3.05) is 18.5 Å². The summed E-state index contributed by atoms with van der Waals surface area (Å²) in [5.41, 5.74) is 2.44. The molecule has 1 atom stereocenters. The van der Waals surface area contributed by atoms with Gasteiger partial charge in [-0.25, -0.2) is 4.79 Å². The van der Waals surface area contributed by atoms with Crippen LogP contribution >= 0.6 is 11.3 Å². The highest BCUT2D eigenvalue weighted by molar-refractivity contribution is 7.18. The predicted molar refractivity (Wildman–Crippen MR) is 115 cm³/mol. The van der Waals surface area contributed by atoms with E-state index in [2.05, 4.69) is 15.6 Å². The van der Waals surface area contributed by atoms with E-state index in [0.717, 1.165) is 16.0 Å². The monoisotopic (exact) mass is 409 g/mol. The molecule has 1 unspecified atom stereocenters. The third-order valence-electron chi connectivity index (χ3n) is 4.28. The first-order valence-electron chi connectivity index (χ1n) is 9.38. The Labute approximate surface area is 173 Å². The Kier molecular flexibility index (Phi) is 7.10. The Morgan fingerprint density at radius 2 is 1.97 bits per heavy atom. The molecule has 150 valence electrons. The number of hydrogen-bond donors (Lipinski definition) is 2. The Morgan fingerprint density at radius 3 is 2.66 bits per heavy atom. The second kappa shape index (κ2) is 9.95. The largest absolute Gasteiger partial charge is 0.462 e. The number of rotatable bonds is 8. The molecule has 6 nitrogen and oxygen atoms in total. The average molecular weight is 410 g/mol. The van der Waals surface area contributed by atoms with Gasteiger partial charge in [0.2, 0.25) is 5.91 Å². The summed E-state index contributed by atoms with van der Waals surface area (Å²) in [5.74, 6) is -0.671. The van der Waals surface area contributed by atoms with E-state index in [4.69, 9.17) is 4.74 Å². The maximum Gasteiger partial charge on any atom is 0.350 e. The molecule has 1 aromatic carbocycles. The number of benzene rings is 1. The third kappa shape index (κ3) is 5.49. The van der Waals surface area contributed by atoms with Crippen LogP contribution in [0.4, 0.5) is 5.69 Å². The molecule has 3 aromatic rings. The van der Waals surface area contributed by atoms with Gasteiger partial charge in [0.05, 0.1) is 18.8 Å². The van der Waals surface area contributed by atoms with E-state index < -0.39 is 5.97 Å². The molecule has 7 heteroatoms. The van der Waals surface area contributed by atoms with E-state index >= 15 is 0 Å². The highest BCUT2D eigenvalue weighted by atomic mass is 32.1. The van der Waals surface area contributed by atoms with E-state index in [-0.39, 0.29) is 25.1 Å². The third-order valence-corrected chi connectivity index (χ3v) is 5.44. The lowest BCUT2D eigenvalue weighted by Gasteiger charge is -2.13.